The third kappa shape index (κ3) is 3.48. The Kier molecular flexibility index (Phi) is 5.08. The van der Waals surface area contributed by atoms with E-state index in [0.29, 0.717) is 22.4 Å². The van der Waals surface area contributed by atoms with Crippen LogP contribution in [-0.2, 0) is 7.05 Å². The van der Waals surface area contributed by atoms with Crippen LogP contribution in [0.3, 0.4) is 0 Å². The second-order valence-electron chi connectivity index (χ2n) is 6.08. The first-order valence-corrected chi connectivity index (χ1v) is 8.93. The zero-order chi connectivity index (χ0) is 18.8. The summed E-state index contributed by atoms with van der Waals surface area (Å²) in [6.45, 7) is 1.84. The molecule has 0 aliphatic carbocycles. The van der Waals surface area contributed by atoms with E-state index < -0.39 is 0 Å². The second-order valence-corrected chi connectivity index (χ2v) is 6.99. The number of rotatable bonds is 3. The molecular weight excluding hydrogens is 396 g/mol. The molecule has 2 amide bonds. The molecule has 26 heavy (non-hydrogen) atoms. The van der Waals surface area contributed by atoms with E-state index in [4.69, 9.17) is 0 Å². The number of carbonyl (C=O) groups is 1. The summed E-state index contributed by atoms with van der Waals surface area (Å²) in [4.78, 5) is 31.3. The molecule has 2 aromatic carbocycles. The van der Waals surface area contributed by atoms with Crippen LogP contribution in [0.25, 0.3) is 10.9 Å². The molecule has 0 aliphatic heterocycles. The fraction of sp³-hybridized carbons (Fsp3) is 0.211. The van der Waals surface area contributed by atoms with E-state index >= 15 is 0 Å². The highest BCUT2D eigenvalue weighted by Crippen LogP contribution is 2.20. The number of nitrogens with zero attached hydrogens (tertiary/aromatic N) is 3. The first kappa shape index (κ1) is 18.1. The average molecular weight is 415 g/mol. The number of anilines is 1. The van der Waals surface area contributed by atoms with Crippen molar-refractivity contribution >= 4 is 38.6 Å². The molecule has 0 fully saturated rings. The maximum Gasteiger partial charge on any atom is 0.322 e. The van der Waals surface area contributed by atoms with Gasteiger partial charge in [0.05, 0.1) is 16.9 Å². The number of para-hydroxylation sites is 1. The van der Waals surface area contributed by atoms with Gasteiger partial charge in [-0.2, -0.15) is 0 Å². The largest absolute Gasteiger partial charge is 0.322 e. The summed E-state index contributed by atoms with van der Waals surface area (Å²) in [6, 6.07) is 13.9. The van der Waals surface area contributed by atoms with Gasteiger partial charge in [-0.15, -0.1) is 0 Å². The van der Waals surface area contributed by atoms with Gasteiger partial charge in [0, 0.05) is 24.3 Å². The Morgan fingerprint density at radius 2 is 1.96 bits per heavy atom. The van der Waals surface area contributed by atoms with Crippen molar-refractivity contribution in [2.75, 3.05) is 12.4 Å². The Morgan fingerprint density at radius 1 is 1.23 bits per heavy atom. The summed E-state index contributed by atoms with van der Waals surface area (Å²) in [5.74, 6) is 0.528. The first-order valence-electron chi connectivity index (χ1n) is 8.13. The minimum Gasteiger partial charge on any atom is -0.318 e. The Balaban J connectivity index is 1.89. The second kappa shape index (κ2) is 7.29. The van der Waals surface area contributed by atoms with Crippen LogP contribution in [0.2, 0.25) is 0 Å². The van der Waals surface area contributed by atoms with Crippen LogP contribution in [-0.4, -0.2) is 27.5 Å². The normalized spacial score (nSPS) is 12.0. The first-order chi connectivity index (χ1) is 12.4. The van der Waals surface area contributed by atoms with Crippen LogP contribution in [0, 0.1) is 0 Å². The number of nitrogens with one attached hydrogen (secondary N) is 1. The van der Waals surface area contributed by atoms with Gasteiger partial charge in [0.15, 0.2) is 0 Å². The zero-order valence-electron chi connectivity index (χ0n) is 14.7. The average Bonchev–Trinajstić information content (AvgIpc) is 2.63. The standard InChI is InChI=1S/C19H19BrN4O2/c1-12(23(2)19(26)21-14-8-6-7-13(20)11-14)17-22-16-10-5-4-9-15(16)18(25)24(17)3/h4-12H,1-3H3,(H,21,26). The molecule has 1 aromatic heterocycles. The van der Waals surface area contributed by atoms with Crippen LogP contribution in [0.5, 0.6) is 0 Å². The molecule has 1 atom stereocenters. The van der Waals surface area contributed by atoms with E-state index in [2.05, 4.69) is 26.2 Å². The van der Waals surface area contributed by atoms with Gasteiger partial charge in [0.2, 0.25) is 0 Å². The molecule has 1 heterocycles. The molecule has 0 saturated heterocycles. The fourth-order valence-electron chi connectivity index (χ4n) is 2.74. The predicted molar refractivity (Wildman–Crippen MR) is 106 cm³/mol. The van der Waals surface area contributed by atoms with Gasteiger partial charge in [0.1, 0.15) is 5.82 Å². The molecular formula is C19H19BrN4O2. The van der Waals surface area contributed by atoms with Gasteiger partial charge in [0.25, 0.3) is 5.56 Å². The van der Waals surface area contributed by atoms with Crippen LogP contribution in [0.4, 0.5) is 10.5 Å². The summed E-state index contributed by atoms with van der Waals surface area (Å²) in [7, 11) is 3.35. The number of aromatic nitrogens is 2. The summed E-state index contributed by atoms with van der Waals surface area (Å²) in [5, 5.41) is 3.41. The summed E-state index contributed by atoms with van der Waals surface area (Å²) >= 11 is 3.38. The van der Waals surface area contributed by atoms with Crippen molar-refractivity contribution in [1.82, 2.24) is 14.5 Å². The Morgan fingerprint density at radius 3 is 2.69 bits per heavy atom. The lowest BCUT2D eigenvalue weighted by Gasteiger charge is -2.26. The van der Waals surface area contributed by atoms with Gasteiger partial charge >= 0.3 is 6.03 Å². The molecule has 0 aliphatic rings. The number of halogens is 1. The number of hydrogen-bond acceptors (Lipinski definition) is 3. The minimum absolute atomic E-state index is 0.127. The third-order valence-electron chi connectivity index (χ3n) is 4.37. The van der Waals surface area contributed by atoms with Crippen LogP contribution < -0.4 is 10.9 Å². The summed E-state index contributed by atoms with van der Waals surface area (Å²) in [6.07, 6.45) is 0. The Labute approximate surface area is 159 Å². The molecule has 3 rings (SSSR count). The molecule has 0 bridgehead atoms. The number of fused-ring (bicyclic) bond motifs is 1. The number of carbonyl (C=O) groups excluding carboxylic acids is 1. The van der Waals surface area contributed by atoms with Gasteiger partial charge in [-0.25, -0.2) is 9.78 Å². The number of hydrogen-bond donors (Lipinski definition) is 1. The van der Waals surface area contributed by atoms with Crippen LogP contribution in [0.15, 0.2) is 57.8 Å². The highest BCUT2D eigenvalue weighted by Gasteiger charge is 2.22. The van der Waals surface area contributed by atoms with E-state index in [0.717, 1.165) is 4.47 Å². The molecule has 0 saturated carbocycles. The van der Waals surface area contributed by atoms with Crippen molar-refractivity contribution in [2.45, 2.75) is 13.0 Å². The van der Waals surface area contributed by atoms with E-state index in [1.165, 1.54) is 9.47 Å². The van der Waals surface area contributed by atoms with E-state index in [-0.39, 0.29) is 17.6 Å². The smallest absolute Gasteiger partial charge is 0.318 e. The van der Waals surface area contributed by atoms with E-state index in [1.54, 1.807) is 26.2 Å². The molecule has 3 aromatic rings. The molecule has 1 N–H and O–H groups in total. The van der Waals surface area contributed by atoms with Crippen molar-refractivity contribution in [3.63, 3.8) is 0 Å². The summed E-state index contributed by atoms with van der Waals surface area (Å²) < 4.78 is 2.38. The van der Waals surface area contributed by atoms with E-state index in [1.807, 2.05) is 43.3 Å². The topological polar surface area (TPSA) is 67.2 Å². The number of amides is 2. The molecule has 0 spiro atoms. The monoisotopic (exact) mass is 414 g/mol. The van der Waals surface area contributed by atoms with Crippen LogP contribution in [0.1, 0.15) is 18.8 Å². The summed E-state index contributed by atoms with van der Waals surface area (Å²) in [5.41, 5.74) is 1.18. The molecule has 134 valence electrons. The zero-order valence-corrected chi connectivity index (χ0v) is 16.3. The molecule has 0 radical (unpaired) electrons. The Hall–Kier alpha value is -2.67. The lowest BCUT2D eigenvalue weighted by molar-refractivity contribution is 0.205. The quantitative estimate of drug-likeness (QED) is 0.705. The highest BCUT2D eigenvalue weighted by molar-refractivity contribution is 9.10. The van der Waals surface area contributed by atoms with E-state index in [9.17, 15) is 9.59 Å². The maximum absolute atomic E-state index is 12.6. The lowest BCUT2D eigenvalue weighted by Crippen LogP contribution is -2.37. The highest BCUT2D eigenvalue weighted by atomic mass is 79.9. The van der Waals surface area contributed by atoms with Crippen molar-refractivity contribution in [3.05, 3.63) is 69.2 Å². The minimum atomic E-state index is -0.385. The van der Waals surface area contributed by atoms with Gasteiger partial charge in [-0.1, -0.05) is 34.1 Å². The molecule has 6 nitrogen and oxygen atoms in total. The molecule has 7 heteroatoms. The maximum atomic E-state index is 12.6. The van der Waals surface area contributed by atoms with Crippen LogP contribution >= 0.6 is 15.9 Å². The van der Waals surface area contributed by atoms with Gasteiger partial charge in [-0.05, 0) is 37.3 Å². The fourth-order valence-corrected chi connectivity index (χ4v) is 3.13. The third-order valence-corrected chi connectivity index (χ3v) is 4.86. The van der Waals surface area contributed by atoms with Crippen molar-refractivity contribution in [3.8, 4) is 0 Å². The van der Waals surface area contributed by atoms with Crippen molar-refractivity contribution in [2.24, 2.45) is 7.05 Å². The SMILES string of the molecule is CC(c1nc2ccccc2c(=O)n1C)N(C)C(=O)Nc1cccc(Br)c1. The Bertz CT molecular complexity index is 1030. The predicted octanol–water partition coefficient (Wildman–Crippen LogP) is 3.92. The van der Waals surface area contributed by atoms with Crippen molar-refractivity contribution < 1.29 is 4.79 Å². The van der Waals surface area contributed by atoms with Gasteiger partial charge < -0.3 is 10.2 Å². The number of urea groups is 1. The number of benzene rings is 2. The van der Waals surface area contributed by atoms with Crippen molar-refractivity contribution in [1.29, 1.82) is 0 Å². The molecule has 1 unspecified atom stereocenters. The lowest BCUT2D eigenvalue weighted by atomic mass is 10.2. The van der Waals surface area contributed by atoms with Gasteiger partial charge in [-0.3, -0.25) is 9.36 Å².